The van der Waals surface area contributed by atoms with Gasteiger partial charge in [0.25, 0.3) is 0 Å². The normalized spacial score (nSPS) is 28.0. The van der Waals surface area contributed by atoms with E-state index in [1.54, 1.807) is 22.2 Å². The first-order chi connectivity index (χ1) is 12.9. The fraction of sp³-hybridized carbons (Fsp3) is 0.667. The predicted octanol–water partition coefficient (Wildman–Crippen LogP) is 5.93. The van der Waals surface area contributed by atoms with Crippen LogP contribution in [0.3, 0.4) is 0 Å². The van der Waals surface area contributed by atoms with Crippen LogP contribution >= 0.6 is 0 Å². The first kappa shape index (κ1) is 21.7. The van der Waals surface area contributed by atoms with E-state index in [1.165, 1.54) is 51.4 Å². The van der Waals surface area contributed by atoms with Crippen molar-refractivity contribution in [3.05, 3.63) is 46.6 Å². The van der Waals surface area contributed by atoms with Crippen molar-refractivity contribution in [2.75, 3.05) is 6.61 Å². The van der Waals surface area contributed by atoms with Gasteiger partial charge in [0.05, 0.1) is 0 Å². The molecule has 1 nitrogen and oxygen atoms in total. The average molecular weight is 463 g/mol. The van der Waals surface area contributed by atoms with E-state index < -0.39 is 18.9 Å². The van der Waals surface area contributed by atoms with Crippen LogP contribution in [-0.2, 0) is 18.9 Å². The van der Waals surface area contributed by atoms with Gasteiger partial charge in [-0.3, -0.25) is 0 Å². The molecule has 0 radical (unpaired) electrons. The van der Waals surface area contributed by atoms with E-state index in [-0.39, 0.29) is 6.61 Å². The van der Waals surface area contributed by atoms with Crippen molar-refractivity contribution in [2.24, 2.45) is 17.8 Å². The quantitative estimate of drug-likeness (QED) is 0.513. The van der Waals surface area contributed by atoms with Crippen molar-refractivity contribution in [3.63, 3.8) is 0 Å². The monoisotopic (exact) mass is 461 g/mol. The van der Waals surface area contributed by atoms with E-state index >= 15 is 0 Å². The molecule has 0 fully saturated rings. The van der Waals surface area contributed by atoms with Gasteiger partial charge in [0.15, 0.2) is 0 Å². The minimum atomic E-state index is -1.81. The number of aliphatic hydroxyl groups excluding tert-OH is 1. The molecular weight excluding hydrogens is 424 g/mol. The van der Waals surface area contributed by atoms with Crippen molar-refractivity contribution in [3.8, 4) is 0 Å². The van der Waals surface area contributed by atoms with Crippen LogP contribution in [0.5, 0.6) is 0 Å². The molecule has 0 heterocycles. The molecule has 0 bridgehead atoms. The van der Waals surface area contributed by atoms with E-state index in [2.05, 4.69) is 40.4 Å². The van der Waals surface area contributed by atoms with Crippen molar-refractivity contribution in [2.45, 2.75) is 71.7 Å². The molecule has 27 heavy (non-hydrogen) atoms. The van der Waals surface area contributed by atoms with Crippen LogP contribution in [0, 0.1) is 17.8 Å². The Morgan fingerprint density at radius 1 is 0.926 bits per heavy atom. The standard InChI is InChI=1S/C20H25.C2H6O.2CH3.H2Si.Zr/c1-14(17-12-10-15-6-2-4-8-19(15)17)18-13-11-16-7-3-5-9-20(16)18;1-2-3;;;;/h10-14,17-18H,1-9H2;3H,2H2,1H3;2*1H3;1H2;. The molecule has 0 saturated heterocycles. The summed E-state index contributed by atoms with van der Waals surface area (Å²) in [7, 11) is 0. The van der Waals surface area contributed by atoms with Gasteiger partial charge in [-0.05, 0) is 6.92 Å². The summed E-state index contributed by atoms with van der Waals surface area (Å²) in [5.41, 5.74) is 7.15. The molecule has 0 aromatic rings. The molecule has 0 spiro atoms. The Labute approximate surface area is 172 Å². The van der Waals surface area contributed by atoms with Gasteiger partial charge in [0.1, 0.15) is 0 Å². The third-order valence-corrected chi connectivity index (χ3v) is 12.2. The molecule has 4 aliphatic rings. The number of hydrogen-bond donors (Lipinski definition) is 1. The molecule has 0 aliphatic heterocycles. The second-order valence-electron chi connectivity index (χ2n) is 9.63. The summed E-state index contributed by atoms with van der Waals surface area (Å²) in [5.74, 6) is 2.41. The number of rotatable bonds is 4. The molecule has 4 aliphatic carbocycles. The van der Waals surface area contributed by atoms with Crippen LogP contribution in [0.25, 0.3) is 0 Å². The molecule has 0 aromatic carbocycles. The van der Waals surface area contributed by atoms with Crippen LogP contribution in [0.4, 0.5) is 0 Å². The van der Waals surface area contributed by atoms with Gasteiger partial charge in [0, 0.05) is 6.61 Å². The fourth-order valence-electron chi connectivity index (χ4n) is 5.64. The number of aliphatic hydroxyl groups is 1. The molecule has 149 valence electrons. The maximum atomic E-state index is 7.57. The van der Waals surface area contributed by atoms with Crippen molar-refractivity contribution in [1.29, 1.82) is 0 Å². The SMILES string of the molecule is CCO.[CH3][Zr]([CH3])(=[SiH2])[CH2]C(C1C=CC2=C1CCCC2)C1C=CC2=C1CCCC2. The molecular formula is C24H39OSiZr. The molecule has 2 atom stereocenters. The van der Waals surface area contributed by atoms with Crippen molar-refractivity contribution >= 4 is 6.88 Å². The summed E-state index contributed by atoms with van der Waals surface area (Å²) in [6.07, 6.45) is 21.4. The van der Waals surface area contributed by atoms with E-state index in [9.17, 15) is 0 Å². The Kier molecular flexibility index (Phi) is 7.79. The second-order valence-corrected chi connectivity index (χ2v) is 32.6. The molecule has 2 unspecified atom stereocenters. The average Bonchev–Trinajstić information content (AvgIpc) is 3.24. The third kappa shape index (κ3) is 5.34. The van der Waals surface area contributed by atoms with E-state index in [0.29, 0.717) is 0 Å². The second kappa shape index (κ2) is 9.68. The maximum absolute atomic E-state index is 7.57. The number of hydrogen-bond acceptors (Lipinski definition) is 1. The molecule has 0 aromatic heterocycles. The summed E-state index contributed by atoms with van der Waals surface area (Å²) in [6, 6.07) is 0. The van der Waals surface area contributed by atoms with Gasteiger partial charge < -0.3 is 5.11 Å². The van der Waals surface area contributed by atoms with Crippen LogP contribution in [-0.4, -0.2) is 18.6 Å². The summed E-state index contributed by atoms with van der Waals surface area (Å²) in [6.45, 7) is 4.35. The first-order valence-electron chi connectivity index (χ1n) is 11.2. The van der Waals surface area contributed by atoms with E-state index in [4.69, 9.17) is 5.11 Å². The Balaban J connectivity index is 0.000000659. The summed E-state index contributed by atoms with van der Waals surface area (Å²) < 4.78 is 6.87. The molecule has 0 amide bonds. The summed E-state index contributed by atoms with van der Waals surface area (Å²) in [4.78, 5) is 0. The van der Waals surface area contributed by atoms with E-state index in [1.807, 2.05) is 11.1 Å². The molecule has 0 saturated carbocycles. The molecule has 3 heteroatoms. The van der Waals surface area contributed by atoms with Gasteiger partial charge in [-0.1, -0.05) is 0 Å². The first-order valence-corrected chi connectivity index (χ1v) is 23.8. The van der Waals surface area contributed by atoms with E-state index in [0.717, 1.165) is 17.8 Å². The van der Waals surface area contributed by atoms with Crippen LogP contribution in [0.15, 0.2) is 46.6 Å². The Bertz CT molecular complexity index is 658. The zero-order valence-electron chi connectivity index (χ0n) is 17.8. The van der Waals surface area contributed by atoms with Crippen LogP contribution < -0.4 is 0 Å². The van der Waals surface area contributed by atoms with Gasteiger partial charge in [0.2, 0.25) is 0 Å². The minimum absolute atomic E-state index is 0.250. The van der Waals surface area contributed by atoms with Crippen LogP contribution in [0.2, 0.25) is 13.4 Å². The fourth-order valence-corrected chi connectivity index (χ4v) is 12.0. The zero-order valence-corrected chi connectivity index (χ0v) is 21.6. The Hall–Kier alpha value is 0.0200. The van der Waals surface area contributed by atoms with Crippen molar-refractivity contribution < 1.29 is 24.0 Å². The predicted molar refractivity (Wildman–Crippen MR) is 118 cm³/mol. The summed E-state index contributed by atoms with van der Waals surface area (Å²) >= 11 is -1.81. The molecule has 1 N–H and O–H groups in total. The van der Waals surface area contributed by atoms with Gasteiger partial charge >= 0.3 is 155 Å². The van der Waals surface area contributed by atoms with Gasteiger partial charge in [-0.15, -0.1) is 0 Å². The van der Waals surface area contributed by atoms with Crippen molar-refractivity contribution in [1.82, 2.24) is 0 Å². The summed E-state index contributed by atoms with van der Waals surface area (Å²) in [5, 5.41) is 7.57. The zero-order chi connectivity index (χ0) is 19.4. The topological polar surface area (TPSA) is 20.2 Å². The Morgan fingerprint density at radius 2 is 1.33 bits per heavy atom. The number of allylic oxidation sites excluding steroid dienone is 8. The van der Waals surface area contributed by atoms with Gasteiger partial charge in [-0.2, -0.15) is 0 Å². The van der Waals surface area contributed by atoms with Crippen LogP contribution in [0.1, 0.15) is 58.3 Å². The Morgan fingerprint density at radius 3 is 1.74 bits per heavy atom. The molecule has 4 rings (SSSR count). The van der Waals surface area contributed by atoms with Gasteiger partial charge in [-0.25, -0.2) is 0 Å². The third-order valence-electron chi connectivity index (χ3n) is 6.63.